The molecule has 0 fully saturated rings. The van der Waals surface area contributed by atoms with Crippen LogP contribution in [0, 0.1) is 6.92 Å². The summed E-state index contributed by atoms with van der Waals surface area (Å²) in [7, 11) is 1.55. The number of benzene rings is 2. The van der Waals surface area contributed by atoms with Crippen molar-refractivity contribution in [3.63, 3.8) is 0 Å². The maximum Gasteiger partial charge on any atom is 0.286 e. The molecular formula is C18H16N2O4. The fourth-order valence-corrected chi connectivity index (χ4v) is 2.43. The van der Waals surface area contributed by atoms with Gasteiger partial charge in [0.05, 0.1) is 7.11 Å². The number of hydrogen-bond donors (Lipinski definition) is 2. The van der Waals surface area contributed by atoms with Crippen LogP contribution in [-0.4, -0.2) is 18.9 Å². The Morgan fingerprint density at radius 2 is 1.83 bits per heavy atom. The minimum absolute atomic E-state index is 0.0718. The van der Waals surface area contributed by atoms with Gasteiger partial charge < -0.3 is 20.2 Å². The van der Waals surface area contributed by atoms with E-state index in [4.69, 9.17) is 14.9 Å². The molecule has 3 aromatic rings. The second-order valence-corrected chi connectivity index (χ2v) is 5.35. The highest BCUT2D eigenvalue weighted by atomic mass is 16.5. The zero-order valence-electron chi connectivity index (χ0n) is 13.3. The van der Waals surface area contributed by atoms with E-state index < -0.39 is 5.91 Å². The lowest BCUT2D eigenvalue weighted by atomic mass is 10.1. The highest BCUT2D eigenvalue weighted by Gasteiger charge is 2.21. The van der Waals surface area contributed by atoms with Crippen LogP contribution in [-0.2, 0) is 0 Å². The van der Waals surface area contributed by atoms with E-state index in [1.165, 1.54) is 0 Å². The summed E-state index contributed by atoms with van der Waals surface area (Å²) in [5, 5.41) is 3.34. The summed E-state index contributed by atoms with van der Waals surface area (Å²) in [5.74, 6) is -0.539. The van der Waals surface area contributed by atoms with Crippen LogP contribution in [0.15, 0.2) is 46.9 Å². The molecule has 6 heteroatoms. The summed E-state index contributed by atoms with van der Waals surface area (Å²) < 4.78 is 10.6. The molecule has 3 rings (SSSR count). The number of anilines is 1. The predicted molar refractivity (Wildman–Crippen MR) is 90.4 cm³/mol. The average Bonchev–Trinajstić information content (AvgIpc) is 2.92. The van der Waals surface area contributed by atoms with Gasteiger partial charge in [-0.25, -0.2) is 0 Å². The molecule has 0 aliphatic rings. The third-order valence-electron chi connectivity index (χ3n) is 3.66. The van der Waals surface area contributed by atoms with Gasteiger partial charge in [0.1, 0.15) is 17.0 Å². The van der Waals surface area contributed by atoms with Crippen molar-refractivity contribution in [2.24, 2.45) is 5.73 Å². The van der Waals surface area contributed by atoms with Crippen molar-refractivity contribution in [1.82, 2.24) is 0 Å². The predicted octanol–water partition coefficient (Wildman–Crippen LogP) is 3.10. The Balaban J connectivity index is 2.00. The second kappa shape index (κ2) is 6.08. The molecule has 0 saturated carbocycles. The van der Waals surface area contributed by atoms with E-state index in [0.29, 0.717) is 22.3 Å². The summed E-state index contributed by atoms with van der Waals surface area (Å²) >= 11 is 0. The Labute approximate surface area is 138 Å². The maximum atomic E-state index is 12.5. The first kappa shape index (κ1) is 15.6. The SMILES string of the molecule is COc1ccc(C(=O)Nc2c(C(N)=O)oc3cc(C)ccc23)cc1. The number of nitrogens with two attached hydrogens (primary N) is 1. The second-order valence-electron chi connectivity index (χ2n) is 5.35. The van der Waals surface area contributed by atoms with Crippen LogP contribution in [0.1, 0.15) is 26.5 Å². The summed E-state index contributed by atoms with van der Waals surface area (Å²) in [6, 6.07) is 12.1. The lowest BCUT2D eigenvalue weighted by Gasteiger charge is -2.06. The van der Waals surface area contributed by atoms with Gasteiger partial charge in [0.15, 0.2) is 0 Å². The molecule has 1 aromatic heterocycles. The van der Waals surface area contributed by atoms with Crippen LogP contribution < -0.4 is 15.8 Å². The molecule has 6 nitrogen and oxygen atoms in total. The Bertz CT molecular complexity index is 926. The van der Waals surface area contributed by atoms with Crippen LogP contribution in [0.2, 0.25) is 0 Å². The monoisotopic (exact) mass is 324 g/mol. The van der Waals surface area contributed by atoms with Crippen molar-refractivity contribution in [2.75, 3.05) is 12.4 Å². The molecule has 0 unspecified atom stereocenters. The summed E-state index contributed by atoms with van der Waals surface area (Å²) in [6.07, 6.45) is 0. The molecule has 0 bridgehead atoms. The number of primary amides is 1. The number of ether oxygens (including phenoxy) is 1. The number of fused-ring (bicyclic) bond motifs is 1. The van der Waals surface area contributed by atoms with Crippen molar-refractivity contribution < 1.29 is 18.7 Å². The first-order valence-corrected chi connectivity index (χ1v) is 7.28. The fourth-order valence-electron chi connectivity index (χ4n) is 2.43. The molecular weight excluding hydrogens is 308 g/mol. The van der Waals surface area contributed by atoms with Gasteiger partial charge in [-0.1, -0.05) is 6.07 Å². The molecule has 0 aliphatic carbocycles. The van der Waals surface area contributed by atoms with Gasteiger partial charge in [0, 0.05) is 10.9 Å². The first-order valence-electron chi connectivity index (χ1n) is 7.28. The van der Waals surface area contributed by atoms with Gasteiger partial charge in [-0.15, -0.1) is 0 Å². The molecule has 0 aliphatic heterocycles. The lowest BCUT2D eigenvalue weighted by Crippen LogP contribution is -2.17. The van der Waals surface area contributed by atoms with E-state index in [0.717, 1.165) is 5.56 Å². The third-order valence-corrected chi connectivity index (χ3v) is 3.66. The fraction of sp³-hybridized carbons (Fsp3) is 0.111. The van der Waals surface area contributed by atoms with Crippen molar-refractivity contribution >= 4 is 28.5 Å². The smallest absolute Gasteiger partial charge is 0.286 e. The number of rotatable bonds is 4. The van der Waals surface area contributed by atoms with Crippen LogP contribution in [0.4, 0.5) is 5.69 Å². The number of carbonyl (C=O) groups excluding carboxylic acids is 2. The number of amides is 2. The largest absolute Gasteiger partial charge is 0.497 e. The molecule has 24 heavy (non-hydrogen) atoms. The van der Waals surface area contributed by atoms with Crippen LogP contribution >= 0.6 is 0 Å². The number of furan rings is 1. The summed E-state index contributed by atoms with van der Waals surface area (Å²) in [4.78, 5) is 24.1. The molecule has 0 radical (unpaired) electrons. The van der Waals surface area contributed by atoms with Crippen LogP contribution in [0.3, 0.4) is 0 Å². The number of nitrogens with one attached hydrogen (secondary N) is 1. The molecule has 0 saturated heterocycles. The molecule has 2 amide bonds. The van der Waals surface area contributed by atoms with E-state index in [1.807, 2.05) is 13.0 Å². The van der Waals surface area contributed by atoms with Gasteiger partial charge >= 0.3 is 0 Å². The highest BCUT2D eigenvalue weighted by molar-refractivity contribution is 6.14. The molecule has 2 aromatic carbocycles. The van der Waals surface area contributed by atoms with Crippen LogP contribution in [0.25, 0.3) is 11.0 Å². The maximum absolute atomic E-state index is 12.5. The number of methoxy groups -OCH3 is 1. The number of aryl methyl sites for hydroxylation is 1. The molecule has 122 valence electrons. The van der Waals surface area contributed by atoms with E-state index in [1.54, 1.807) is 43.5 Å². The lowest BCUT2D eigenvalue weighted by molar-refractivity contribution is 0.0977. The molecule has 1 heterocycles. The minimum Gasteiger partial charge on any atom is -0.497 e. The summed E-state index contributed by atoms with van der Waals surface area (Å²) in [6.45, 7) is 1.90. The standard InChI is InChI=1S/C18H16N2O4/c1-10-3-8-13-14(9-10)24-16(17(19)21)15(13)20-18(22)11-4-6-12(23-2)7-5-11/h3-9H,1-2H3,(H2,19,21)(H,20,22). The summed E-state index contributed by atoms with van der Waals surface area (Å²) in [5.41, 5.74) is 7.54. The quantitative estimate of drug-likeness (QED) is 0.771. The topological polar surface area (TPSA) is 94.6 Å². The van der Waals surface area contributed by atoms with Crippen molar-refractivity contribution in [2.45, 2.75) is 6.92 Å². The normalized spacial score (nSPS) is 10.6. The van der Waals surface area contributed by atoms with Crippen molar-refractivity contribution in [3.05, 3.63) is 59.4 Å². The zero-order chi connectivity index (χ0) is 17.3. The van der Waals surface area contributed by atoms with Gasteiger partial charge in [-0.2, -0.15) is 0 Å². The van der Waals surface area contributed by atoms with Crippen molar-refractivity contribution in [3.8, 4) is 5.75 Å². The molecule has 0 atom stereocenters. The number of hydrogen-bond acceptors (Lipinski definition) is 4. The van der Waals surface area contributed by atoms with E-state index >= 15 is 0 Å². The average molecular weight is 324 g/mol. The van der Waals surface area contributed by atoms with Crippen molar-refractivity contribution in [1.29, 1.82) is 0 Å². The Morgan fingerprint density at radius 3 is 2.46 bits per heavy atom. The van der Waals surface area contributed by atoms with Gasteiger partial charge in [-0.05, 0) is 48.9 Å². The molecule has 3 N–H and O–H groups in total. The van der Waals surface area contributed by atoms with Crippen LogP contribution in [0.5, 0.6) is 5.75 Å². The highest BCUT2D eigenvalue weighted by Crippen LogP contribution is 2.31. The van der Waals surface area contributed by atoms with E-state index in [-0.39, 0.29) is 17.4 Å². The Hall–Kier alpha value is -3.28. The Morgan fingerprint density at radius 1 is 1.12 bits per heavy atom. The van der Waals surface area contributed by atoms with E-state index in [2.05, 4.69) is 5.32 Å². The third kappa shape index (κ3) is 2.81. The minimum atomic E-state index is -0.742. The zero-order valence-corrected chi connectivity index (χ0v) is 13.3. The van der Waals surface area contributed by atoms with E-state index in [9.17, 15) is 9.59 Å². The Kier molecular flexibility index (Phi) is 3.95. The van der Waals surface area contributed by atoms with Gasteiger partial charge in [0.25, 0.3) is 11.8 Å². The number of carbonyl (C=O) groups is 2. The first-order chi connectivity index (χ1) is 11.5. The molecule has 0 spiro atoms. The van der Waals surface area contributed by atoms with Gasteiger partial charge in [0.2, 0.25) is 5.76 Å². The van der Waals surface area contributed by atoms with Gasteiger partial charge in [-0.3, -0.25) is 9.59 Å².